The van der Waals surface area contributed by atoms with Gasteiger partial charge in [0, 0.05) is 38.9 Å². The van der Waals surface area contributed by atoms with E-state index in [0.717, 1.165) is 38.5 Å². The first-order valence-corrected chi connectivity index (χ1v) is 6.28. The van der Waals surface area contributed by atoms with E-state index in [0.29, 0.717) is 0 Å². The Morgan fingerprint density at radius 2 is 1.94 bits per heavy atom. The van der Waals surface area contributed by atoms with Crippen LogP contribution >= 0.6 is 0 Å². The van der Waals surface area contributed by atoms with Crippen LogP contribution in [0.15, 0.2) is 24.3 Å². The van der Waals surface area contributed by atoms with Crippen molar-refractivity contribution in [2.45, 2.75) is 6.54 Å². The maximum atomic E-state index is 5.34. The first-order valence-electron chi connectivity index (χ1n) is 6.28. The Hall–Kier alpha value is -1.10. The third-order valence-electron chi connectivity index (χ3n) is 2.79. The predicted molar refractivity (Wildman–Crippen MR) is 74.1 cm³/mol. The first-order chi connectivity index (χ1) is 8.77. The number of benzene rings is 1. The highest BCUT2D eigenvalue weighted by Crippen LogP contribution is 2.18. The molecule has 1 rings (SSSR count). The lowest BCUT2D eigenvalue weighted by atomic mass is 10.2. The van der Waals surface area contributed by atoms with Crippen molar-refractivity contribution in [1.29, 1.82) is 0 Å². The molecule has 1 aromatic carbocycles. The zero-order chi connectivity index (χ0) is 13.2. The fourth-order valence-corrected chi connectivity index (χ4v) is 1.77. The Morgan fingerprint density at radius 3 is 2.67 bits per heavy atom. The maximum Gasteiger partial charge on any atom is 0.123 e. The van der Waals surface area contributed by atoms with Crippen LogP contribution in [-0.4, -0.2) is 52.4 Å². The first kappa shape index (κ1) is 15.0. The van der Waals surface area contributed by atoms with Crippen LogP contribution in [0, 0.1) is 0 Å². The molecule has 102 valence electrons. The molecule has 0 saturated carbocycles. The molecular formula is C14H24N2O2. The summed E-state index contributed by atoms with van der Waals surface area (Å²) >= 11 is 0. The van der Waals surface area contributed by atoms with Crippen LogP contribution in [0.4, 0.5) is 0 Å². The highest BCUT2D eigenvalue weighted by molar-refractivity contribution is 5.32. The van der Waals surface area contributed by atoms with Crippen molar-refractivity contribution in [2.75, 3.05) is 47.5 Å². The van der Waals surface area contributed by atoms with Crippen LogP contribution in [0.2, 0.25) is 0 Å². The van der Waals surface area contributed by atoms with Crippen molar-refractivity contribution >= 4 is 0 Å². The molecule has 0 saturated heterocycles. The number of rotatable bonds is 9. The average Bonchev–Trinajstić information content (AvgIpc) is 2.39. The molecule has 0 spiro atoms. The molecule has 18 heavy (non-hydrogen) atoms. The smallest absolute Gasteiger partial charge is 0.123 e. The maximum absolute atomic E-state index is 5.34. The molecule has 0 aromatic heterocycles. The van der Waals surface area contributed by atoms with Crippen LogP contribution in [-0.2, 0) is 11.3 Å². The standard InChI is InChI=1S/C14H24N2O2/c1-16(10-8-15-9-11-17-2)12-13-6-4-5-7-14(13)18-3/h4-7,15H,8-12H2,1-3H3. The molecule has 0 unspecified atom stereocenters. The van der Waals surface area contributed by atoms with Gasteiger partial charge in [-0.15, -0.1) is 0 Å². The molecule has 0 amide bonds. The number of likely N-dealkylation sites (N-methyl/N-ethyl adjacent to an activating group) is 1. The van der Waals surface area contributed by atoms with Gasteiger partial charge in [-0.05, 0) is 13.1 Å². The number of para-hydroxylation sites is 1. The molecule has 4 nitrogen and oxygen atoms in total. The van der Waals surface area contributed by atoms with Gasteiger partial charge in [-0.3, -0.25) is 0 Å². The molecule has 0 aliphatic heterocycles. The van der Waals surface area contributed by atoms with Gasteiger partial charge >= 0.3 is 0 Å². The zero-order valence-corrected chi connectivity index (χ0v) is 11.6. The summed E-state index contributed by atoms with van der Waals surface area (Å²) in [6.07, 6.45) is 0. The van der Waals surface area contributed by atoms with E-state index in [2.05, 4.69) is 23.3 Å². The summed E-state index contributed by atoms with van der Waals surface area (Å²) in [5.41, 5.74) is 1.22. The van der Waals surface area contributed by atoms with Gasteiger partial charge in [0.25, 0.3) is 0 Å². The molecule has 1 N–H and O–H groups in total. The molecule has 1 aromatic rings. The molecule has 0 radical (unpaired) electrons. The fourth-order valence-electron chi connectivity index (χ4n) is 1.77. The lowest BCUT2D eigenvalue weighted by molar-refractivity contribution is 0.197. The summed E-state index contributed by atoms with van der Waals surface area (Å²) in [5, 5.41) is 3.33. The quantitative estimate of drug-likeness (QED) is 0.673. The van der Waals surface area contributed by atoms with Crippen molar-refractivity contribution in [1.82, 2.24) is 10.2 Å². The summed E-state index contributed by atoms with van der Waals surface area (Å²) in [6, 6.07) is 8.14. The summed E-state index contributed by atoms with van der Waals surface area (Å²) < 4.78 is 10.3. The van der Waals surface area contributed by atoms with E-state index in [4.69, 9.17) is 9.47 Å². The van der Waals surface area contributed by atoms with Gasteiger partial charge in [0.05, 0.1) is 13.7 Å². The second-order valence-corrected chi connectivity index (χ2v) is 4.29. The molecule has 4 heteroatoms. The third kappa shape index (κ3) is 5.49. The number of nitrogens with one attached hydrogen (secondary N) is 1. The van der Waals surface area contributed by atoms with Gasteiger partial charge < -0.3 is 19.7 Å². The molecule has 0 heterocycles. The topological polar surface area (TPSA) is 33.7 Å². The van der Waals surface area contributed by atoms with Gasteiger partial charge in [-0.25, -0.2) is 0 Å². The number of hydrogen-bond acceptors (Lipinski definition) is 4. The molecular weight excluding hydrogens is 228 g/mol. The monoisotopic (exact) mass is 252 g/mol. The lowest BCUT2D eigenvalue weighted by Crippen LogP contribution is -2.30. The van der Waals surface area contributed by atoms with Crippen molar-refractivity contribution in [2.24, 2.45) is 0 Å². The van der Waals surface area contributed by atoms with Crippen molar-refractivity contribution in [3.63, 3.8) is 0 Å². The lowest BCUT2D eigenvalue weighted by Gasteiger charge is -2.18. The average molecular weight is 252 g/mol. The van der Waals surface area contributed by atoms with Crippen molar-refractivity contribution < 1.29 is 9.47 Å². The molecule has 0 aliphatic carbocycles. The largest absolute Gasteiger partial charge is 0.496 e. The van der Waals surface area contributed by atoms with Crippen LogP contribution in [0.3, 0.4) is 0 Å². The van der Waals surface area contributed by atoms with E-state index in [-0.39, 0.29) is 0 Å². The number of methoxy groups -OCH3 is 2. The minimum absolute atomic E-state index is 0.760. The van der Waals surface area contributed by atoms with Gasteiger partial charge in [0.2, 0.25) is 0 Å². The van der Waals surface area contributed by atoms with Gasteiger partial charge in [-0.1, -0.05) is 18.2 Å². The normalized spacial score (nSPS) is 10.9. The summed E-state index contributed by atoms with van der Waals surface area (Å²) in [5.74, 6) is 0.955. The van der Waals surface area contributed by atoms with E-state index >= 15 is 0 Å². The van der Waals surface area contributed by atoms with E-state index in [1.165, 1.54) is 5.56 Å². The molecule has 0 aliphatic rings. The van der Waals surface area contributed by atoms with Gasteiger partial charge in [0.15, 0.2) is 0 Å². The van der Waals surface area contributed by atoms with E-state index in [1.54, 1.807) is 14.2 Å². The molecule has 0 atom stereocenters. The van der Waals surface area contributed by atoms with Crippen molar-refractivity contribution in [3.8, 4) is 5.75 Å². The highest BCUT2D eigenvalue weighted by Gasteiger charge is 2.04. The van der Waals surface area contributed by atoms with E-state index in [1.807, 2.05) is 18.2 Å². The van der Waals surface area contributed by atoms with Crippen LogP contribution in [0.25, 0.3) is 0 Å². The fraction of sp³-hybridized carbons (Fsp3) is 0.571. The Labute approximate surface area is 110 Å². The predicted octanol–water partition coefficient (Wildman–Crippen LogP) is 1.36. The molecule has 0 fully saturated rings. The summed E-state index contributed by atoms with van der Waals surface area (Å²) in [6.45, 7) is 4.53. The number of hydrogen-bond donors (Lipinski definition) is 1. The Morgan fingerprint density at radius 1 is 1.17 bits per heavy atom. The SMILES string of the molecule is COCCNCCN(C)Cc1ccccc1OC. The second kappa shape index (κ2) is 8.91. The number of ether oxygens (including phenoxy) is 2. The summed E-state index contributed by atoms with van der Waals surface area (Å²) in [7, 11) is 5.55. The number of nitrogens with zero attached hydrogens (tertiary/aromatic N) is 1. The van der Waals surface area contributed by atoms with Crippen LogP contribution in [0.5, 0.6) is 5.75 Å². The summed E-state index contributed by atoms with van der Waals surface area (Å²) in [4.78, 5) is 2.28. The molecule has 0 bridgehead atoms. The Bertz CT molecular complexity index is 331. The van der Waals surface area contributed by atoms with Crippen LogP contribution in [0.1, 0.15) is 5.56 Å². The van der Waals surface area contributed by atoms with Gasteiger partial charge in [0.1, 0.15) is 5.75 Å². The zero-order valence-electron chi connectivity index (χ0n) is 11.6. The minimum Gasteiger partial charge on any atom is -0.496 e. The second-order valence-electron chi connectivity index (χ2n) is 4.29. The van der Waals surface area contributed by atoms with Crippen LogP contribution < -0.4 is 10.1 Å². The third-order valence-corrected chi connectivity index (χ3v) is 2.79. The minimum atomic E-state index is 0.760. The van der Waals surface area contributed by atoms with E-state index < -0.39 is 0 Å². The van der Waals surface area contributed by atoms with E-state index in [9.17, 15) is 0 Å². The highest BCUT2D eigenvalue weighted by atomic mass is 16.5. The van der Waals surface area contributed by atoms with Crippen molar-refractivity contribution in [3.05, 3.63) is 29.8 Å². The van der Waals surface area contributed by atoms with Gasteiger partial charge in [-0.2, -0.15) is 0 Å². The Kier molecular flexibility index (Phi) is 7.41. The Balaban J connectivity index is 2.28.